The van der Waals surface area contributed by atoms with E-state index < -0.39 is 0 Å². The largest absolute Gasteiger partial charge is 0.495 e. The summed E-state index contributed by atoms with van der Waals surface area (Å²) in [6.07, 6.45) is 2.65. The molecule has 0 saturated carbocycles. The van der Waals surface area contributed by atoms with E-state index in [1.807, 2.05) is 25.1 Å². The van der Waals surface area contributed by atoms with Gasteiger partial charge in [0.15, 0.2) is 0 Å². The molecule has 0 spiro atoms. The zero-order valence-electron chi connectivity index (χ0n) is 17.6. The Hall–Kier alpha value is -2.38. The van der Waals surface area contributed by atoms with Crippen molar-refractivity contribution >= 4 is 28.8 Å². The summed E-state index contributed by atoms with van der Waals surface area (Å²) in [4.78, 5) is 31.1. The summed E-state index contributed by atoms with van der Waals surface area (Å²) in [5, 5.41) is 5.22. The lowest BCUT2D eigenvalue weighted by molar-refractivity contribution is -0.126. The SMILES string of the molecule is COc1ccc(C)cc1N1CC(C(=O)NCC(c2cccs2)N2CCCC2)CC1=O. The highest BCUT2D eigenvalue weighted by Crippen LogP contribution is 2.34. The van der Waals surface area contributed by atoms with E-state index in [0.717, 1.165) is 24.3 Å². The molecular weight excluding hydrogens is 398 g/mol. The number of hydrogen-bond acceptors (Lipinski definition) is 5. The molecule has 1 N–H and O–H groups in total. The number of nitrogens with zero attached hydrogens (tertiary/aromatic N) is 2. The summed E-state index contributed by atoms with van der Waals surface area (Å²) < 4.78 is 5.44. The molecule has 1 aromatic carbocycles. The molecule has 7 heteroatoms. The molecule has 2 fully saturated rings. The summed E-state index contributed by atoms with van der Waals surface area (Å²) in [5.41, 5.74) is 1.79. The highest BCUT2D eigenvalue weighted by molar-refractivity contribution is 7.10. The van der Waals surface area contributed by atoms with Crippen LogP contribution in [0.15, 0.2) is 35.7 Å². The van der Waals surface area contributed by atoms with E-state index in [9.17, 15) is 9.59 Å². The van der Waals surface area contributed by atoms with Crippen LogP contribution in [0.25, 0.3) is 0 Å². The number of carbonyl (C=O) groups excluding carboxylic acids is 2. The third-order valence-corrected chi connectivity index (χ3v) is 7.02. The first-order valence-electron chi connectivity index (χ1n) is 10.6. The van der Waals surface area contributed by atoms with Gasteiger partial charge in [-0.3, -0.25) is 14.5 Å². The van der Waals surface area contributed by atoms with E-state index in [2.05, 4.69) is 27.7 Å². The fourth-order valence-corrected chi connectivity index (χ4v) is 5.27. The van der Waals surface area contributed by atoms with Gasteiger partial charge in [0.25, 0.3) is 0 Å². The van der Waals surface area contributed by atoms with Gasteiger partial charge >= 0.3 is 0 Å². The number of rotatable bonds is 7. The van der Waals surface area contributed by atoms with Gasteiger partial charge in [0.2, 0.25) is 11.8 Å². The van der Waals surface area contributed by atoms with Crippen LogP contribution >= 0.6 is 11.3 Å². The van der Waals surface area contributed by atoms with Gasteiger partial charge in [-0.25, -0.2) is 0 Å². The topological polar surface area (TPSA) is 61.9 Å². The molecule has 1 aromatic heterocycles. The van der Waals surface area contributed by atoms with E-state index in [1.54, 1.807) is 23.3 Å². The van der Waals surface area contributed by atoms with Crippen LogP contribution in [0.1, 0.15) is 35.7 Å². The summed E-state index contributed by atoms with van der Waals surface area (Å²) in [7, 11) is 1.60. The number of hydrogen-bond donors (Lipinski definition) is 1. The van der Waals surface area contributed by atoms with E-state index in [1.165, 1.54) is 17.7 Å². The Labute approximate surface area is 181 Å². The van der Waals surface area contributed by atoms with Gasteiger partial charge in [-0.05, 0) is 62.0 Å². The minimum absolute atomic E-state index is 0.0339. The van der Waals surface area contributed by atoms with Gasteiger partial charge in [-0.15, -0.1) is 11.3 Å². The predicted octanol–water partition coefficient (Wildman–Crippen LogP) is 3.37. The number of nitrogens with one attached hydrogen (secondary N) is 1. The van der Waals surface area contributed by atoms with Crippen molar-refractivity contribution in [1.29, 1.82) is 0 Å². The van der Waals surface area contributed by atoms with Crippen LogP contribution in [0.5, 0.6) is 5.75 Å². The summed E-state index contributed by atoms with van der Waals surface area (Å²) in [6.45, 7) is 5.09. The van der Waals surface area contributed by atoms with Crippen molar-refractivity contribution in [3.63, 3.8) is 0 Å². The zero-order valence-corrected chi connectivity index (χ0v) is 18.4. The second kappa shape index (κ2) is 9.18. The lowest BCUT2D eigenvalue weighted by Gasteiger charge is -2.27. The monoisotopic (exact) mass is 427 g/mol. The molecule has 30 heavy (non-hydrogen) atoms. The Bertz CT molecular complexity index is 893. The number of thiophene rings is 1. The second-order valence-corrected chi connectivity index (χ2v) is 9.08. The third kappa shape index (κ3) is 4.37. The molecule has 6 nitrogen and oxygen atoms in total. The lowest BCUT2D eigenvalue weighted by atomic mass is 10.1. The molecule has 0 radical (unpaired) electrons. The maximum atomic E-state index is 12.9. The van der Waals surface area contributed by atoms with Gasteiger partial charge in [0, 0.05) is 24.4 Å². The van der Waals surface area contributed by atoms with Crippen molar-refractivity contribution in [3.05, 3.63) is 46.2 Å². The van der Waals surface area contributed by atoms with Gasteiger partial charge in [0.05, 0.1) is 24.8 Å². The van der Waals surface area contributed by atoms with Crippen molar-refractivity contribution in [3.8, 4) is 5.75 Å². The van der Waals surface area contributed by atoms with E-state index in [4.69, 9.17) is 4.74 Å². The molecule has 160 valence electrons. The summed E-state index contributed by atoms with van der Waals surface area (Å²) >= 11 is 1.74. The maximum Gasteiger partial charge on any atom is 0.227 e. The standard InChI is InChI=1S/C23H29N3O3S/c1-16-7-8-20(29-2)18(12-16)26-15-17(13-22(26)27)23(28)24-14-19(21-6-5-11-30-21)25-9-3-4-10-25/h5-8,11-12,17,19H,3-4,9-10,13-15H2,1-2H3,(H,24,28). The quantitative estimate of drug-likeness (QED) is 0.736. The molecule has 2 saturated heterocycles. The second-order valence-electron chi connectivity index (χ2n) is 8.10. The minimum Gasteiger partial charge on any atom is -0.495 e. The Kier molecular flexibility index (Phi) is 6.39. The van der Waals surface area contributed by atoms with Crippen LogP contribution in [0.2, 0.25) is 0 Å². The molecule has 2 aliphatic heterocycles. The number of amides is 2. The molecule has 2 aromatic rings. The number of ether oxygens (including phenoxy) is 1. The molecule has 3 heterocycles. The number of carbonyl (C=O) groups is 2. The average molecular weight is 428 g/mol. The van der Waals surface area contributed by atoms with Crippen LogP contribution in [0, 0.1) is 12.8 Å². The summed E-state index contributed by atoms with van der Waals surface area (Å²) in [5.74, 6) is 0.235. The molecular formula is C23H29N3O3S. The third-order valence-electron chi connectivity index (χ3n) is 6.04. The van der Waals surface area contributed by atoms with Gasteiger partial charge in [-0.1, -0.05) is 12.1 Å². The fourth-order valence-electron chi connectivity index (χ4n) is 4.41. The summed E-state index contributed by atoms with van der Waals surface area (Å²) in [6, 6.07) is 10.2. The molecule has 2 aliphatic rings. The van der Waals surface area contributed by atoms with Crippen molar-refractivity contribution in [2.45, 2.75) is 32.2 Å². The highest BCUT2D eigenvalue weighted by Gasteiger charge is 2.37. The molecule has 2 unspecified atom stereocenters. The predicted molar refractivity (Wildman–Crippen MR) is 119 cm³/mol. The van der Waals surface area contributed by atoms with Crippen LogP contribution in [0.4, 0.5) is 5.69 Å². The Morgan fingerprint density at radius 3 is 2.80 bits per heavy atom. The van der Waals surface area contributed by atoms with E-state index in [0.29, 0.717) is 18.8 Å². The Morgan fingerprint density at radius 2 is 2.10 bits per heavy atom. The lowest BCUT2D eigenvalue weighted by Crippen LogP contribution is -2.39. The molecule has 2 amide bonds. The van der Waals surface area contributed by atoms with Crippen LogP contribution in [-0.2, 0) is 9.59 Å². The molecule has 4 rings (SSSR count). The average Bonchev–Trinajstić information content (AvgIpc) is 3.50. The highest BCUT2D eigenvalue weighted by atomic mass is 32.1. The number of benzene rings is 1. The molecule has 2 atom stereocenters. The molecule has 0 bridgehead atoms. The van der Waals surface area contributed by atoms with Crippen molar-refractivity contribution in [1.82, 2.24) is 10.2 Å². The Morgan fingerprint density at radius 1 is 1.30 bits per heavy atom. The van der Waals surface area contributed by atoms with E-state index in [-0.39, 0.29) is 30.2 Å². The van der Waals surface area contributed by atoms with E-state index >= 15 is 0 Å². The number of methoxy groups -OCH3 is 1. The van der Waals surface area contributed by atoms with Gasteiger partial charge in [0.1, 0.15) is 5.75 Å². The minimum atomic E-state index is -0.342. The van der Waals surface area contributed by atoms with Crippen LogP contribution in [0.3, 0.4) is 0 Å². The smallest absolute Gasteiger partial charge is 0.227 e. The number of likely N-dealkylation sites (tertiary alicyclic amines) is 1. The fraction of sp³-hybridized carbons (Fsp3) is 0.478. The van der Waals surface area contributed by atoms with Gasteiger partial charge < -0.3 is 15.0 Å². The van der Waals surface area contributed by atoms with Gasteiger partial charge in [-0.2, -0.15) is 0 Å². The number of aryl methyl sites for hydroxylation is 1. The first-order valence-corrected chi connectivity index (χ1v) is 11.4. The van der Waals surface area contributed by atoms with Crippen molar-refractivity contribution in [2.75, 3.05) is 38.2 Å². The first-order chi connectivity index (χ1) is 14.6. The van der Waals surface area contributed by atoms with Crippen molar-refractivity contribution < 1.29 is 14.3 Å². The number of anilines is 1. The first kappa shape index (κ1) is 20.9. The zero-order chi connectivity index (χ0) is 21.1. The maximum absolute atomic E-state index is 12.9. The molecule has 0 aliphatic carbocycles. The van der Waals surface area contributed by atoms with Crippen molar-refractivity contribution in [2.24, 2.45) is 5.92 Å². The normalized spacial score (nSPS) is 20.5. The van der Waals surface area contributed by atoms with Crippen LogP contribution in [-0.4, -0.2) is 50.0 Å². The Balaban J connectivity index is 1.42. The van der Waals surface area contributed by atoms with Crippen LogP contribution < -0.4 is 15.0 Å².